The molecule has 0 aliphatic heterocycles. The van der Waals surface area contributed by atoms with Crippen molar-refractivity contribution in [2.45, 2.75) is 12.5 Å². The molecule has 2 rings (SSSR count). The molecular formula is C18H19NO3S. The highest BCUT2D eigenvalue weighted by molar-refractivity contribution is 7.98. The first-order valence-electron chi connectivity index (χ1n) is 7.30. The van der Waals surface area contributed by atoms with Crippen LogP contribution in [0.4, 0.5) is 0 Å². The van der Waals surface area contributed by atoms with Crippen molar-refractivity contribution < 1.29 is 14.7 Å². The standard InChI is InChI=1S/C18H19NO3S/c1-23-12-11-16(18(21)22)19-17(20)15-10-6-5-9-14(15)13-7-3-2-4-8-13/h2-10,16H,11-12H2,1H3,(H,19,20)(H,21,22). The molecule has 0 bridgehead atoms. The van der Waals surface area contributed by atoms with E-state index >= 15 is 0 Å². The number of nitrogens with one attached hydrogen (secondary N) is 1. The van der Waals surface area contributed by atoms with Crippen molar-refractivity contribution >= 4 is 23.6 Å². The molecule has 0 radical (unpaired) electrons. The minimum Gasteiger partial charge on any atom is -0.480 e. The van der Waals surface area contributed by atoms with Gasteiger partial charge in [0.05, 0.1) is 0 Å². The first-order valence-corrected chi connectivity index (χ1v) is 8.70. The Morgan fingerprint density at radius 2 is 1.74 bits per heavy atom. The second-order valence-corrected chi connectivity index (χ2v) is 6.04. The predicted octanol–water partition coefficient (Wildman–Crippen LogP) is 3.29. The van der Waals surface area contributed by atoms with Crippen molar-refractivity contribution in [2.75, 3.05) is 12.0 Å². The Morgan fingerprint density at radius 3 is 2.39 bits per heavy atom. The fraction of sp³-hybridized carbons (Fsp3) is 0.222. The number of rotatable bonds is 7. The minimum absolute atomic E-state index is 0.363. The minimum atomic E-state index is -1.01. The first-order chi connectivity index (χ1) is 11.1. The summed E-state index contributed by atoms with van der Waals surface area (Å²) in [6.07, 6.45) is 2.31. The Kier molecular flexibility index (Phi) is 6.23. The molecule has 1 unspecified atom stereocenters. The number of carbonyl (C=O) groups is 2. The topological polar surface area (TPSA) is 66.4 Å². The van der Waals surface area contributed by atoms with E-state index in [4.69, 9.17) is 0 Å². The third-order valence-corrected chi connectivity index (χ3v) is 4.11. The summed E-state index contributed by atoms with van der Waals surface area (Å²) >= 11 is 1.56. The Labute approximate surface area is 139 Å². The maximum atomic E-state index is 12.5. The summed E-state index contributed by atoms with van der Waals surface area (Å²) < 4.78 is 0. The zero-order valence-electron chi connectivity index (χ0n) is 12.9. The average Bonchev–Trinajstić information content (AvgIpc) is 2.59. The highest BCUT2D eigenvalue weighted by Gasteiger charge is 2.21. The van der Waals surface area contributed by atoms with E-state index in [2.05, 4.69) is 5.32 Å². The molecule has 4 nitrogen and oxygen atoms in total. The molecule has 2 aromatic carbocycles. The van der Waals surface area contributed by atoms with Gasteiger partial charge in [-0.1, -0.05) is 48.5 Å². The van der Waals surface area contributed by atoms with Crippen molar-refractivity contribution in [1.82, 2.24) is 5.32 Å². The molecule has 120 valence electrons. The number of benzene rings is 2. The summed E-state index contributed by atoms with van der Waals surface area (Å²) in [5.41, 5.74) is 2.20. The van der Waals surface area contributed by atoms with Crippen molar-refractivity contribution in [3.8, 4) is 11.1 Å². The van der Waals surface area contributed by atoms with Crippen LogP contribution in [0.5, 0.6) is 0 Å². The number of hydrogen-bond acceptors (Lipinski definition) is 3. The highest BCUT2D eigenvalue weighted by Crippen LogP contribution is 2.23. The molecule has 0 fully saturated rings. The van der Waals surface area contributed by atoms with Gasteiger partial charge in [-0.3, -0.25) is 4.79 Å². The summed E-state index contributed by atoms with van der Waals surface area (Å²) in [4.78, 5) is 23.8. The fourth-order valence-electron chi connectivity index (χ4n) is 2.28. The number of thioether (sulfide) groups is 1. The molecular weight excluding hydrogens is 310 g/mol. The van der Waals surface area contributed by atoms with E-state index in [0.717, 1.165) is 11.1 Å². The number of carbonyl (C=O) groups excluding carboxylic acids is 1. The van der Waals surface area contributed by atoms with Gasteiger partial charge in [0.25, 0.3) is 5.91 Å². The van der Waals surface area contributed by atoms with Crippen LogP contribution in [0.2, 0.25) is 0 Å². The molecule has 0 heterocycles. The Balaban J connectivity index is 2.24. The van der Waals surface area contributed by atoms with Crippen LogP contribution >= 0.6 is 11.8 Å². The highest BCUT2D eigenvalue weighted by atomic mass is 32.2. The maximum Gasteiger partial charge on any atom is 0.326 e. The van der Waals surface area contributed by atoms with Gasteiger partial charge >= 0.3 is 5.97 Å². The van der Waals surface area contributed by atoms with E-state index in [0.29, 0.717) is 17.7 Å². The van der Waals surface area contributed by atoms with Crippen molar-refractivity contribution in [3.05, 3.63) is 60.2 Å². The van der Waals surface area contributed by atoms with Crippen molar-refractivity contribution in [2.24, 2.45) is 0 Å². The number of amides is 1. The van der Waals surface area contributed by atoms with Crippen molar-refractivity contribution in [3.63, 3.8) is 0 Å². The molecule has 1 amide bonds. The monoisotopic (exact) mass is 329 g/mol. The van der Waals surface area contributed by atoms with E-state index in [1.54, 1.807) is 23.9 Å². The smallest absolute Gasteiger partial charge is 0.326 e. The lowest BCUT2D eigenvalue weighted by atomic mass is 9.99. The van der Waals surface area contributed by atoms with Gasteiger partial charge in [-0.2, -0.15) is 11.8 Å². The van der Waals surface area contributed by atoms with Gasteiger partial charge in [0.15, 0.2) is 0 Å². The van der Waals surface area contributed by atoms with Gasteiger partial charge in [-0.25, -0.2) is 4.79 Å². The Morgan fingerprint density at radius 1 is 1.09 bits per heavy atom. The summed E-state index contributed by atoms with van der Waals surface area (Å²) in [6.45, 7) is 0. The van der Waals surface area contributed by atoms with E-state index in [1.807, 2.05) is 48.7 Å². The van der Waals surface area contributed by atoms with Gasteiger partial charge in [0.1, 0.15) is 6.04 Å². The molecule has 0 aliphatic carbocycles. The molecule has 23 heavy (non-hydrogen) atoms. The SMILES string of the molecule is CSCCC(NC(=O)c1ccccc1-c1ccccc1)C(=O)O. The van der Waals surface area contributed by atoms with Crippen LogP contribution in [0.15, 0.2) is 54.6 Å². The zero-order chi connectivity index (χ0) is 16.7. The molecule has 0 aromatic heterocycles. The van der Waals surface area contributed by atoms with E-state index in [1.165, 1.54) is 0 Å². The van der Waals surface area contributed by atoms with Crippen LogP contribution in [0.3, 0.4) is 0 Å². The third-order valence-electron chi connectivity index (χ3n) is 3.47. The average molecular weight is 329 g/mol. The lowest BCUT2D eigenvalue weighted by Gasteiger charge is -2.16. The quantitative estimate of drug-likeness (QED) is 0.818. The maximum absolute atomic E-state index is 12.5. The van der Waals surface area contributed by atoms with Crippen molar-refractivity contribution in [1.29, 1.82) is 0 Å². The first kappa shape index (κ1) is 17.1. The van der Waals surface area contributed by atoms with Crippen LogP contribution in [0, 0.1) is 0 Å². The Bertz CT molecular complexity index is 673. The van der Waals surface area contributed by atoms with Gasteiger partial charge in [0.2, 0.25) is 0 Å². The van der Waals surface area contributed by atoms with Gasteiger partial charge < -0.3 is 10.4 Å². The zero-order valence-corrected chi connectivity index (χ0v) is 13.7. The largest absolute Gasteiger partial charge is 0.480 e. The normalized spacial score (nSPS) is 11.7. The van der Waals surface area contributed by atoms with Gasteiger partial charge in [-0.15, -0.1) is 0 Å². The van der Waals surface area contributed by atoms with E-state index < -0.39 is 12.0 Å². The molecule has 1 atom stereocenters. The molecule has 5 heteroatoms. The molecule has 0 saturated heterocycles. The van der Waals surface area contributed by atoms with Gasteiger partial charge in [0, 0.05) is 5.56 Å². The molecule has 2 aromatic rings. The third kappa shape index (κ3) is 4.60. The lowest BCUT2D eigenvalue weighted by molar-refractivity contribution is -0.139. The number of aliphatic carboxylic acids is 1. The number of hydrogen-bond donors (Lipinski definition) is 2. The molecule has 0 aliphatic rings. The summed E-state index contributed by atoms with van der Waals surface area (Å²) in [7, 11) is 0. The molecule has 2 N–H and O–H groups in total. The van der Waals surface area contributed by atoms with Crippen LogP contribution in [-0.2, 0) is 4.79 Å². The molecule has 0 spiro atoms. The summed E-state index contributed by atoms with van der Waals surface area (Å²) in [6, 6.07) is 15.9. The second-order valence-electron chi connectivity index (χ2n) is 5.06. The summed E-state index contributed by atoms with van der Waals surface area (Å²) in [5, 5.41) is 11.9. The fourth-order valence-corrected chi connectivity index (χ4v) is 2.75. The van der Waals surface area contributed by atoms with E-state index in [9.17, 15) is 14.7 Å². The van der Waals surface area contributed by atoms with Crippen LogP contribution in [-0.4, -0.2) is 35.0 Å². The molecule has 0 saturated carbocycles. The number of carboxylic acids is 1. The second kappa shape index (κ2) is 8.39. The number of carboxylic acid groups (broad SMARTS) is 1. The lowest BCUT2D eigenvalue weighted by Crippen LogP contribution is -2.41. The predicted molar refractivity (Wildman–Crippen MR) is 93.8 cm³/mol. The van der Waals surface area contributed by atoms with Crippen LogP contribution in [0.1, 0.15) is 16.8 Å². The van der Waals surface area contributed by atoms with Crippen LogP contribution in [0.25, 0.3) is 11.1 Å². The van der Waals surface area contributed by atoms with E-state index in [-0.39, 0.29) is 5.91 Å². The summed E-state index contributed by atoms with van der Waals surface area (Å²) in [5.74, 6) is -0.694. The van der Waals surface area contributed by atoms with Gasteiger partial charge in [-0.05, 0) is 35.6 Å². The van der Waals surface area contributed by atoms with Crippen LogP contribution < -0.4 is 5.32 Å². The Hall–Kier alpha value is -2.27.